The van der Waals surface area contributed by atoms with Crippen LogP contribution in [0.1, 0.15) is 32.1 Å². The fourth-order valence-corrected chi connectivity index (χ4v) is 0.946. The molecule has 1 fully saturated rings. The second-order valence-corrected chi connectivity index (χ2v) is 7.40. The monoisotopic (exact) mass is 315 g/mol. The third-order valence-corrected chi connectivity index (χ3v) is 1.41. The van der Waals surface area contributed by atoms with Crippen molar-refractivity contribution in [2.24, 2.45) is 0 Å². The molecule has 1 rings (SSSR count). The first kappa shape index (κ1) is 11.1. The molecule has 0 spiro atoms. The van der Waals surface area contributed by atoms with Crippen molar-refractivity contribution in [1.29, 1.82) is 0 Å². The average molecular weight is 317 g/mol. The van der Waals surface area contributed by atoms with E-state index in [0.717, 1.165) is 36.8 Å². The summed E-state index contributed by atoms with van der Waals surface area (Å²) in [6.45, 7) is 0. The molecule has 1 aliphatic rings. The SMILES string of the molecule is O=C1CCCCC1.[Br][Co][Br]. The zero-order chi connectivity index (χ0) is 7.82. The summed E-state index contributed by atoms with van der Waals surface area (Å²) in [6, 6.07) is 0. The first-order valence-corrected chi connectivity index (χ1v) is 8.31. The van der Waals surface area contributed by atoms with Crippen LogP contribution >= 0.6 is 28.3 Å². The van der Waals surface area contributed by atoms with Gasteiger partial charge in [0, 0.05) is 12.8 Å². The van der Waals surface area contributed by atoms with E-state index in [2.05, 4.69) is 28.3 Å². The van der Waals surface area contributed by atoms with Gasteiger partial charge in [0.15, 0.2) is 0 Å². The minimum atomic E-state index is 0.464. The summed E-state index contributed by atoms with van der Waals surface area (Å²) in [4.78, 5) is 10.5. The van der Waals surface area contributed by atoms with Crippen molar-refractivity contribution in [3.8, 4) is 0 Å². The van der Waals surface area contributed by atoms with Gasteiger partial charge in [-0.1, -0.05) is 6.42 Å². The van der Waals surface area contributed by atoms with Crippen molar-refractivity contribution in [1.82, 2.24) is 0 Å². The average Bonchev–Trinajstić information content (AvgIpc) is 1.91. The van der Waals surface area contributed by atoms with Crippen LogP contribution in [-0.4, -0.2) is 5.78 Å². The Hall–Kier alpha value is 1.14. The van der Waals surface area contributed by atoms with Gasteiger partial charge in [-0.25, -0.2) is 0 Å². The molecule has 0 atom stereocenters. The van der Waals surface area contributed by atoms with E-state index in [9.17, 15) is 4.79 Å². The van der Waals surface area contributed by atoms with Gasteiger partial charge in [-0.05, 0) is 12.8 Å². The van der Waals surface area contributed by atoms with Crippen LogP contribution < -0.4 is 0 Å². The molecule has 0 unspecified atom stereocenters. The predicted octanol–water partition coefficient (Wildman–Crippen LogP) is 3.21. The number of halogens is 2. The Morgan fingerprint density at radius 1 is 1.10 bits per heavy atom. The number of hydrogen-bond acceptors (Lipinski definition) is 1. The van der Waals surface area contributed by atoms with Crippen LogP contribution in [0.25, 0.3) is 0 Å². The van der Waals surface area contributed by atoms with Crippen molar-refractivity contribution in [3.63, 3.8) is 0 Å². The maximum atomic E-state index is 10.5. The van der Waals surface area contributed by atoms with Gasteiger partial charge in [0.25, 0.3) is 0 Å². The number of carbonyl (C=O) groups excluding carboxylic acids is 1. The van der Waals surface area contributed by atoms with Crippen molar-refractivity contribution in [2.45, 2.75) is 32.1 Å². The maximum absolute atomic E-state index is 10.5. The summed E-state index contributed by atoms with van der Waals surface area (Å²) >= 11 is 7.12. The first-order chi connectivity index (χ1) is 4.81. The van der Waals surface area contributed by atoms with Crippen LogP contribution in [0, 0.1) is 0 Å². The van der Waals surface area contributed by atoms with Gasteiger partial charge in [0.2, 0.25) is 0 Å². The van der Waals surface area contributed by atoms with Gasteiger partial charge in [0.05, 0.1) is 0 Å². The summed E-state index contributed by atoms with van der Waals surface area (Å²) in [7, 11) is 0. The molecule has 1 nitrogen and oxygen atoms in total. The molecule has 0 aromatic rings. The molecule has 0 heterocycles. The number of rotatable bonds is 0. The Kier molecular flexibility index (Phi) is 9.17. The summed E-state index contributed by atoms with van der Waals surface area (Å²) in [5.74, 6) is 0.464. The van der Waals surface area contributed by atoms with Gasteiger partial charge >= 0.3 is 39.5 Å². The zero-order valence-corrected chi connectivity index (χ0v) is 9.75. The standard InChI is InChI=1S/C6H10O.2BrH.Co/c7-6-4-2-1-3-5-6;;;/h1-5H2;2*1H;/q;;;+2/p-2. The normalized spacial score (nSPS) is 18.0. The first-order valence-electron chi connectivity index (χ1n) is 3.16. The molecule has 1 saturated carbocycles. The topological polar surface area (TPSA) is 17.1 Å². The molecule has 10 heavy (non-hydrogen) atoms. The predicted molar refractivity (Wildman–Crippen MR) is 45.9 cm³/mol. The molecule has 1 aliphatic carbocycles. The quantitative estimate of drug-likeness (QED) is 0.670. The molecule has 63 valence electrons. The number of ketones is 1. The Morgan fingerprint density at radius 3 is 1.70 bits per heavy atom. The fourth-order valence-electron chi connectivity index (χ4n) is 0.946. The van der Waals surface area contributed by atoms with E-state index in [0.29, 0.717) is 5.78 Å². The Bertz CT molecular complexity index is 89.7. The summed E-state index contributed by atoms with van der Waals surface area (Å²) < 4.78 is 0. The molecule has 0 aromatic heterocycles. The molecule has 0 amide bonds. The molecule has 0 radical (unpaired) electrons. The van der Waals surface area contributed by atoms with Gasteiger partial charge in [-0.15, -0.1) is 0 Å². The van der Waals surface area contributed by atoms with Crippen molar-refractivity contribution in [3.05, 3.63) is 0 Å². The van der Waals surface area contributed by atoms with E-state index in [4.69, 9.17) is 0 Å². The molecule has 0 saturated heterocycles. The fraction of sp³-hybridized carbons (Fsp3) is 0.833. The number of Topliss-reactive ketones (excluding diaryl/α,β-unsaturated/α-hetero) is 1. The number of hydrogen-bond donors (Lipinski definition) is 0. The van der Waals surface area contributed by atoms with E-state index >= 15 is 0 Å². The summed E-state index contributed by atoms with van der Waals surface area (Å²) in [6.07, 6.45) is 5.24. The molecule has 0 N–H and O–H groups in total. The molecular weight excluding hydrogens is 307 g/mol. The Labute approximate surface area is 81.8 Å². The van der Waals surface area contributed by atoms with Gasteiger partial charge in [0.1, 0.15) is 5.78 Å². The van der Waals surface area contributed by atoms with Crippen LogP contribution in [0.15, 0.2) is 0 Å². The summed E-state index contributed by atoms with van der Waals surface area (Å²) in [5, 5.41) is 0. The third kappa shape index (κ3) is 7.25. The second kappa shape index (κ2) is 8.24. The van der Waals surface area contributed by atoms with Crippen LogP contribution in [0.2, 0.25) is 0 Å². The summed E-state index contributed by atoms with van der Waals surface area (Å²) in [5.41, 5.74) is 0. The minimum absolute atomic E-state index is 0.464. The number of carbonyl (C=O) groups is 1. The van der Waals surface area contributed by atoms with Crippen LogP contribution in [0.3, 0.4) is 0 Å². The Morgan fingerprint density at radius 2 is 1.50 bits per heavy atom. The van der Waals surface area contributed by atoms with Crippen LogP contribution in [0.5, 0.6) is 0 Å². The van der Waals surface area contributed by atoms with E-state index in [1.165, 1.54) is 6.42 Å². The zero-order valence-electron chi connectivity index (χ0n) is 5.53. The van der Waals surface area contributed by atoms with E-state index < -0.39 is 0 Å². The van der Waals surface area contributed by atoms with E-state index in [-0.39, 0.29) is 0 Å². The van der Waals surface area contributed by atoms with E-state index in [1.807, 2.05) is 0 Å². The van der Waals surface area contributed by atoms with Gasteiger partial charge < -0.3 is 0 Å². The molecule has 0 aromatic carbocycles. The molecule has 0 aliphatic heterocycles. The third-order valence-electron chi connectivity index (χ3n) is 1.41. The van der Waals surface area contributed by atoms with Gasteiger partial charge in [-0.2, -0.15) is 0 Å². The second-order valence-electron chi connectivity index (χ2n) is 2.15. The molecular formula is C6H10Br2CoO. The van der Waals surface area contributed by atoms with Crippen molar-refractivity contribution in [2.75, 3.05) is 0 Å². The van der Waals surface area contributed by atoms with Crippen LogP contribution in [0.4, 0.5) is 0 Å². The van der Waals surface area contributed by atoms with Crippen LogP contribution in [-0.2, 0) is 15.9 Å². The van der Waals surface area contributed by atoms with Gasteiger partial charge in [-0.3, -0.25) is 4.79 Å². The molecule has 0 bridgehead atoms. The van der Waals surface area contributed by atoms with E-state index in [1.54, 1.807) is 0 Å². The van der Waals surface area contributed by atoms with Crippen molar-refractivity contribution < 1.29 is 15.9 Å². The molecule has 4 heteroatoms. The Balaban J connectivity index is 0.000000236. The van der Waals surface area contributed by atoms with Crippen molar-refractivity contribution >= 4 is 34.1 Å².